The zero-order valence-electron chi connectivity index (χ0n) is 66.1. The SMILES string of the molecule is CC1(C)c2ccccc2-c2ccc(-c3nc(-n4c5ccccc5c5ccccc54)nc(-n4c5ccccc5c5cc(-c6ccccc6)ccc54)n3)cc21.c1ccc(-c2ccc3c(c2)c2ccccc2n3-c2nc(-c3cccc(-c4ccc5c(c4)c4ccccc4n5-c4ccccc4)c3)nc(-c3ccc4c5ccccc5c5ccccc5c4c3)n2)cc1. The molecule has 0 aliphatic heterocycles. The zero-order chi connectivity index (χ0) is 80.0. The average molecular weight is 1550 g/mol. The van der Waals surface area contributed by atoms with Crippen LogP contribution in [0.25, 0.3) is 222 Å². The molecule has 10 nitrogen and oxygen atoms in total. The summed E-state index contributed by atoms with van der Waals surface area (Å²) in [6, 6.07) is 143. The summed E-state index contributed by atoms with van der Waals surface area (Å²) in [7, 11) is 0. The molecule has 1 aliphatic rings. The van der Waals surface area contributed by atoms with Gasteiger partial charge < -0.3 is 4.57 Å². The maximum absolute atomic E-state index is 5.41. The van der Waals surface area contributed by atoms with Gasteiger partial charge in [-0.3, -0.25) is 13.7 Å². The number of hydrogen-bond acceptors (Lipinski definition) is 6. The first-order valence-electron chi connectivity index (χ1n) is 41.2. The number of aromatic nitrogens is 10. The number of fused-ring (bicyclic) bond motifs is 21. The Kier molecular flexibility index (Phi) is 15.8. The molecule has 10 heteroatoms. The highest BCUT2D eigenvalue weighted by molar-refractivity contribution is 6.26. The van der Waals surface area contributed by atoms with Gasteiger partial charge in [-0.05, 0) is 185 Å². The van der Waals surface area contributed by atoms with Crippen LogP contribution in [0.4, 0.5) is 0 Å². The Hall–Kier alpha value is -16.0. The van der Waals surface area contributed by atoms with Gasteiger partial charge >= 0.3 is 0 Å². The number of benzene rings is 18. The summed E-state index contributed by atoms with van der Waals surface area (Å²) in [6.07, 6.45) is 0. The molecule has 18 aromatic carbocycles. The lowest BCUT2D eigenvalue weighted by molar-refractivity contribution is 0.660. The molecular formula is C111H72N10. The molecule has 121 heavy (non-hydrogen) atoms. The maximum Gasteiger partial charge on any atom is 0.240 e. The summed E-state index contributed by atoms with van der Waals surface area (Å²) >= 11 is 0. The second kappa shape index (κ2) is 27.6. The van der Waals surface area contributed by atoms with E-state index in [1.54, 1.807) is 0 Å². The van der Waals surface area contributed by atoms with Crippen LogP contribution >= 0.6 is 0 Å². The van der Waals surface area contributed by atoms with Crippen molar-refractivity contribution in [3.63, 3.8) is 0 Å². The van der Waals surface area contributed by atoms with Crippen LogP contribution in [0.3, 0.4) is 0 Å². The molecular weight excluding hydrogens is 1470 g/mol. The number of hydrogen-bond donors (Lipinski definition) is 0. The molecule has 25 rings (SSSR count). The number of rotatable bonds is 10. The van der Waals surface area contributed by atoms with Gasteiger partial charge in [-0.1, -0.05) is 317 Å². The van der Waals surface area contributed by atoms with Gasteiger partial charge in [0.1, 0.15) is 0 Å². The Bertz CT molecular complexity index is 8290. The lowest BCUT2D eigenvalue weighted by Gasteiger charge is -2.21. The van der Waals surface area contributed by atoms with Crippen molar-refractivity contribution in [1.82, 2.24) is 48.2 Å². The van der Waals surface area contributed by atoms with Crippen LogP contribution in [0.2, 0.25) is 0 Å². The highest BCUT2D eigenvalue weighted by Crippen LogP contribution is 2.50. The third kappa shape index (κ3) is 11.2. The second-order valence-electron chi connectivity index (χ2n) is 32.1. The van der Waals surface area contributed by atoms with Crippen molar-refractivity contribution in [2.24, 2.45) is 0 Å². The van der Waals surface area contributed by atoms with Gasteiger partial charge in [0.2, 0.25) is 17.8 Å². The van der Waals surface area contributed by atoms with Gasteiger partial charge in [-0.25, -0.2) is 4.98 Å². The molecule has 0 N–H and O–H groups in total. The van der Waals surface area contributed by atoms with Gasteiger partial charge in [-0.2, -0.15) is 24.9 Å². The van der Waals surface area contributed by atoms with Gasteiger partial charge in [0.05, 0.1) is 44.1 Å². The van der Waals surface area contributed by atoms with Gasteiger partial charge in [0.25, 0.3) is 0 Å². The summed E-state index contributed by atoms with van der Waals surface area (Å²) in [6.45, 7) is 4.62. The molecule has 566 valence electrons. The van der Waals surface area contributed by atoms with Crippen molar-refractivity contribution in [1.29, 1.82) is 0 Å². The summed E-state index contributed by atoms with van der Waals surface area (Å²) in [5.41, 5.74) is 24.5. The lowest BCUT2D eigenvalue weighted by atomic mass is 9.82. The molecule has 0 bridgehead atoms. The molecule has 0 unspecified atom stereocenters. The summed E-state index contributed by atoms with van der Waals surface area (Å²) in [5.74, 6) is 3.56. The first kappa shape index (κ1) is 69.3. The minimum absolute atomic E-state index is 0.156. The fourth-order valence-corrected chi connectivity index (χ4v) is 19.3. The van der Waals surface area contributed by atoms with Crippen molar-refractivity contribution < 1.29 is 0 Å². The topological polar surface area (TPSA) is 97.1 Å². The highest BCUT2D eigenvalue weighted by Gasteiger charge is 2.36. The molecule has 1 aliphatic carbocycles. The van der Waals surface area contributed by atoms with E-state index in [1.165, 1.54) is 87.7 Å². The summed E-state index contributed by atoms with van der Waals surface area (Å²) in [4.78, 5) is 32.2. The molecule has 6 aromatic heterocycles. The van der Waals surface area contributed by atoms with E-state index in [0.29, 0.717) is 35.3 Å². The Morgan fingerprint density at radius 1 is 0.174 bits per heavy atom. The zero-order valence-corrected chi connectivity index (χ0v) is 66.1. The normalized spacial score (nSPS) is 12.4. The van der Waals surface area contributed by atoms with Crippen molar-refractivity contribution >= 4 is 120 Å². The molecule has 0 fully saturated rings. The fourth-order valence-electron chi connectivity index (χ4n) is 19.3. The first-order valence-corrected chi connectivity index (χ1v) is 41.2. The van der Waals surface area contributed by atoms with E-state index in [-0.39, 0.29) is 5.41 Å². The van der Waals surface area contributed by atoms with E-state index < -0.39 is 0 Å². The van der Waals surface area contributed by atoms with E-state index in [4.69, 9.17) is 29.9 Å². The predicted octanol–water partition coefficient (Wildman–Crippen LogP) is 27.9. The summed E-state index contributed by atoms with van der Waals surface area (Å²) < 4.78 is 8.95. The van der Waals surface area contributed by atoms with E-state index in [1.807, 2.05) is 0 Å². The minimum atomic E-state index is -0.156. The van der Waals surface area contributed by atoms with Crippen LogP contribution in [0.1, 0.15) is 25.0 Å². The molecule has 0 radical (unpaired) electrons. The second-order valence-corrected chi connectivity index (χ2v) is 32.1. The first-order chi connectivity index (χ1) is 59.8. The van der Waals surface area contributed by atoms with Crippen LogP contribution in [0.5, 0.6) is 0 Å². The minimum Gasteiger partial charge on any atom is -0.309 e. The van der Waals surface area contributed by atoms with Gasteiger partial charge in [-0.15, -0.1) is 0 Å². The van der Waals surface area contributed by atoms with Crippen LogP contribution in [0.15, 0.2) is 400 Å². The monoisotopic (exact) mass is 1540 g/mol. The lowest BCUT2D eigenvalue weighted by Crippen LogP contribution is -2.15. The predicted molar refractivity (Wildman–Crippen MR) is 500 cm³/mol. The number of para-hydroxylation sites is 6. The van der Waals surface area contributed by atoms with Crippen LogP contribution in [0, 0.1) is 0 Å². The van der Waals surface area contributed by atoms with E-state index in [9.17, 15) is 0 Å². The van der Waals surface area contributed by atoms with Crippen molar-refractivity contribution in [3.8, 4) is 102 Å². The van der Waals surface area contributed by atoms with Crippen molar-refractivity contribution in [2.45, 2.75) is 19.3 Å². The Morgan fingerprint density at radius 2 is 0.471 bits per heavy atom. The molecule has 6 heterocycles. The third-order valence-corrected chi connectivity index (χ3v) is 25.0. The van der Waals surface area contributed by atoms with Crippen LogP contribution in [-0.2, 0) is 5.41 Å². The molecule has 0 saturated carbocycles. The van der Waals surface area contributed by atoms with E-state index >= 15 is 0 Å². The Morgan fingerprint density at radius 3 is 0.967 bits per heavy atom. The molecule has 24 aromatic rings. The van der Waals surface area contributed by atoms with Crippen molar-refractivity contribution in [3.05, 3.63) is 412 Å². The maximum atomic E-state index is 5.41. The number of nitrogens with zero attached hydrogens (tertiary/aromatic N) is 10. The van der Waals surface area contributed by atoms with Crippen LogP contribution < -0.4 is 0 Å². The summed E-state index contributed by atoms with van der Waals surface area (Å²) in [5, 5.41) is 16.6. The van der Waals surface area contributed by atoms with Crippen molar-refractivity contribution in [2.75, 3.05) is 0 Å². The average Bonchev–Trinajstić information content (AvgIpc) is 1.67. The Balaban J connectivity index is 0.000000141. The van der Waals surface area contributed by atoms with Gasteiger partial charge in [0, 0.05) is 70.9 Å². The Labute approximate surface area is 696 Å². The smallest absolute Gasteiger partial charge is 0.240 e. The molecule has 0 spiro atoms. The largest absolute Gasteiger partial charge is 0.309 e. The highest BCUT2D eigenvalue weighted by atomic mass is 15.3. The molecule has 0 atom stereocenters. The van der Waals surface area contributed by atoms with E-state index in [0.717, 1.165) is 110 Å². The molecule has 0 saturated heterocycles. The van der Waals surface area contributed by atoms with Gasteiger partial charge in [0.15, 0.2) is 17.5 Å². The van der Waals surface area contributed by atoms with Crippen LogP contribution in [-0.4, -0.2) is 48.2 Å². The third-order valence-electron chi connectivity index (χ3n) is 25.0. The van der Waals surface area contributed by atoms with E-state index in [2.05, 4.69) is 432 Å². The standard InChI is InChI=1S/C63H39N5.C48H33N5/c1-3-16-40(17-4-1)42-31-35-60-56(37-42)53-27-12-14-29-58(53)68(60)63-65-61(64-62(66-63)45-30-33-51-49-24-8-7-22-47(49)48-23-9-10-25-50(48)54(51)39-45)44-19-15-18-41(36-44)43-32-34-59-55(38-43)52-26-11-13-28-57(52)67(59)46-20-5-2-6-21-46;1-48(2)39-20-10-6-16-33(39)34-26-24-32(29-40(34)48)45-49-46(52-41-21-11-7-17-35(41)36-18-8-12-22-42(36)52)51-47(50-45)53-43-23-13-9-19-37(43)38-28-31(25-27-44(38)53)30-14-4-3-5-15-30/h1-39H;3-29H,1-2H3. The molecule has 0 amide bonds. The quantitative estimate of drug-likeness (QED) is 0.127. The fraction of sp³-hybridized carbons (Fsp3) is 0.0270.